The largest absolute Gasteiger partial charge is 0.494 e. The summed E-state index contributed by atoms with van der Waals surface area (Å²) in [7, 11) is 0. The van der Waals surface area contributed by atoms with Crippen LogP contribution in [0.2, 0.25) is 0 Å². The van der Waals surface area contributed by atoms with E-state index in [1.807, 2.05) is 6.92 Å². The Morgan fingerprint density at radius 2 is 2.32 bits per heavy atom. The predicted octanol–water partition coefficient (Wildman–Crippen LogP) is 1.80. The number of ether oxygens (including phenoxy) is 2. The van der Waals surface area contributed by atoms with Crippen molar-refractivity contribution in [3.05, 3.63) is 23.3 Å². The van der Waals surface area contributed by atoms with Crippen molar-refractivity contribution < 1.29 is 14.6 Å². The molecule has 2 heterocycles. The summed E-state index contributed by atoms with van der Waals surface area (Å²) < 4.78 is 11.6. The molecule has 19 heavy (non-hydrogen) atoms. The fourth-order valence-corrected chi connectivity index (χ4v) is 2.96. The zero-order valence-electron chi connectivity index (χ0n) is 11.5. The van der Waals surface area contributed by atoms with Crippen LogP contribution in [0, 0.1) is 0 Å². The third kappa shape index (κ3) is 2.42. The van der Waals surface area contributed by atoms with Gasteiger partial charge in [0.25, 0.3) is 0 Å². The fraction of sp³-hybridized carbons (Fsp3) is 0.600. The Balaban J connectivity index is 1.95. The number of fused-ring (bicyclic) bond motifs is 1. The molecular formula is C15H21NO3. The molecule has 3 unspecified atom stereocenters. The smallest absolute Gasteiger partial charge is 0.124 e. The van der Waals surface area contributed by atoms with Gasteiger partial charge in [-0.15, -0.1) is 0 Å². The number of nitrogens with one attached hydrogen (secondary N) is 1. The first-order chi connectivity index (χ1) is 9.17. The van der Waals surface area contributed by atoms with Crippen LogP contribution in [0.15, 0.2) is 12.1 Å². The molecule has 0 aromatic heterocycles. The average molecular weight is 263 g/mol. The molecule has 0 saturated carbocycles. The van der Waals surface area contributed by atoms with Crippen molar-refractivity contribution in [3.63, 3.8) is 0 Å². The van der Waals surface area contributed by atoms with Gasteiger partial charge in [0.2, 0.25) is 0 Å². The first-order valence-electron chi connectivity index (χ1n) is 7.05. The van der Waals surface area contributed by atoms with Gasteiger partial charge in [-0.3, -0.25) is 0 Å². The first kappa shape index (κ1) is 12.8. The highest BCUT2D eigenvalue weighted by Crippen LogP contribution is 2.39. The Hall–Kier alpha value is -1.26. The summed E-state index contributed by atoms with van der Waals surface area (Å²) >= 11 is 0. The van der Waals surface area contributed by atoms with Gasteiger partial charge in [0.05, 0.1) is 12.7 Å². The van der Waals surface area contributed by atoms with E-state index in [0.717, 1.165) is 29.9 Å². The Morgan fingerprint density at radius 3 is 3.00 bits per heavy atom. The molecule has 1 fully saturated rings. The van der Waals surface area contributed by atoms with Gasteiger partial charge in [-0.2, -0.15) is 0 Å². The van der Waals surface area contributed by atoms with Gasteiger partial charge in [-0.05, 0) is 32.4 Å². The third-order valence-electron chi connectivity index (χ3n) is 3.81. The number of aliphatic hydroxyl groups is 1. The van der Waals surface area contributed by atoms with Gasteiger partial charge in [0, 0.05) is 30.1 Å². The maximum Gasteiger partial charge on any atom is 0.124 e. The molecule has 0 bridgehead atoms. The lowest BCUT2D eigenvalue weighted by atomic mass is 10.00. The number of hydrogen-bond acceptors (Lipinski definition) is 4. The molecule has 1 saturated heterocycles. The first-order valence-corrected chi connectivity index (χ1v) is 7.05. The van der Waals surface area contributed by atoms with Crippen molar-refractivity contribution in [2.75, 3.05) is 13.2 Å². The maximum absolute atomic E-state index is 9.68. The van der Waals surface area contributed by atoms with Crippen molar-refractivity contribution in [3.8, 4) is 11.5 Å². The van der Waals surface area contributed by atoms with E-state index in [4.69, 9.17) is 9.47 Å². The van der Waals surface area contributed by atoms with Crippen molar-refractivity contribution in [2.24, 2.45) is 0 Å². The van der Waals surface area contributed by atoms with E-state index < -0.39 is 0 Å². The molecule has 2 aliphatic heterocycles. The van der Waals surface area contributed by atoms with E-state index in [0.29, 0.717) is 13.2 Å². The molecule has 0 amide bonds. The van der Waals surface area contributed by atoms with E-state index in [1.165, 1.54) is 5.56 Å². The second-order valence-corrected chi connectivity index (χ2v) is 5.41. The van der Waals surface area contributed by atoms with Gasteiger partial charge in [0.1, 0.15) is 17.6 Å². The number of benzene rings is 1. The molecule has 2 aliphatic rings. The number of hydrogen-bond donors (Lipinski definition) is 2. The number of rotatable bonds is 3. The Kier molecular flexibility index (Phi) is 3.37. The summed E-state index contributed by atoms with van der Waals surface area (Å²) in [5.74, 6) is 1.89. The molecular weight excluding hydrogens is 242 g/mol. The summed E-state index contributed by atoms with van der Waals surface area (Å²) in [6.45, 7) is 5.37. The second kappa shape index (κ2) is 5.02. The Morgan fingerprint density at radius 1 is 1.47 bits per heavy atom. The Bertz CT molecular complexity index is 475. The second-order valence-electron chi connectivity index (χ2n) is 5.41. The van der Waals surface area contributed by atoms with Crippen LogP contribution in [0.3, 0.4) is 0 Å². The van der Waals surface area contributed by atoms with Crippen molar-refractivity contribution >= 4 is 0 Å². The SMILES string of the molecule is CCOc1cc2c(cc1C1CC(O)CN1)OC(C)C2. The summed E-state index contributed by atoms with van der Waals surface area (Å²) in [4.78, 5) is 0. The van der Waals surface area contributed by atoms with Crippen LogP contribution in [0.5, 0.6) is 11.5 Å². The highest BCUT2D eigenvalue weighted by atomic mass is 16.5. The van der Waals surface area contributed by atoms with Gasteiger partial charge in [-0.1, -0.05) is 0 Å². The molecule has 4 nitrogen and oxygen atoms in total. The van der Waals surface area contributed by atoms with E-state index in [1.54, 1.807) is 0 Å². The van der Waals surface area contributed by atoms with Crippen molar-refractivity contribution in [1.29, 1.82) is 0 Å². The average Bonchev–Trinajstić information content (AvgIpc) is 2.93. The predicted molar refractivity (Wildman–Crippen MR) is 72.8 cm³/mol. The minimum Gasteiger partial charge on any atom is -0.494 e. The molecule has 0 spiro atoms. The molecule has 1 aromatic carbocycles. The van der Waals surface area contributed by atoms with Crippen LogP contribution < -0.4 is 14.8 Å². The van der Waals surface area contributed by atoms with E-state index in [9.17, 15) is 5.11 Å². The fourth-order valence-electron chi connectivity index (χ4n) is 2.96. The van der Waals surface area contributed by atoms with Crippen LogP contribution in [-0.4, -0.2) is 30.5 Å². The van der Waals surface area contributed by atoms with Crippen LogP contribution in [0.25, 0.3) is 0 Å². The monoisotopic (exact) mass is 263 g/mol. The standard InChI is InChI=1S/C15H21NO3/c1-3-18-15-5-10-4-9(2)19-14(10)7-12(15)13-6-11(17)8-16-13/h5,7,9,11,13,16-17H,3-4,6,8H2,1-2H3. The molecule has 3 atom stereocenters. The molecule has 0 aliphatic carbocycles. The minimum atomic E-state index is -0.271. The Labute approximate surface area is 113 Å². The molecule has 104 valence electrons. The van der Waals surface area contributed by atoms with Gasteiger partial charge in [-0.25, -0.2) is 0 Å². The zero-order valence-corrected chi connectivity index (χ0v) is 11.5. The summed E-state index contributed by atoms with van der Waals surface area (Å²) in [6, 6.07) is 4.34. The highest BCUT2D eigenvalue weighted by molar-refractivity contribution is 5.50. The number of β-amino-alcohol motifs (C(OH)–C–C–N with tert-alkyl or cyclic N) is 1. The lowest BCUT2D eigenvalue weighted by Crippen LogP contribution is -2.15. The molecule has 2 N–H and O–H groups in total. The van der Waals surface area contributed by atoms with Crippen LogP contribution in [-0.2, 0) is 6.42 Å². The topological polar surface area (TPSA) is 50.7 Å². The maximum atomic E-state index is 9.68. The number of aliphatic hydroxyl groups excluding tert-OH is 1. The molecule has 0 radical (unpaired) electrons. The van der Waals surface area contributed by atoms with E-state index in [-0.39, 0.29) is 18.2 Å². The molecule has 4 heteroatoms. The molecule has 3 rings (SSSR count). The van der Waals surface area contributed by atoms with E-state index >= 15 is 0 Å². The van der Waals surface area contributed by atoms with Crippen LogP contribution in [0.1, 0.15) is 37.4 Å². The van der Waals surface area contributed by atoms with Gasteiger partial charge >= 0.3 is 0 Å². The summed E-state index contributed by atoms with van der Waals surface area (Å²) in [5.41, 5.74) is 2.32. The van der Waals surface area contributed by atoms with Gasteiger partial charge in [0.15, 0.2) is 0 Å². The van der Waals surface area contributed by atoms with Crippen LogP contribution in [0.4, 0.5) is 0 Å². The highest BCUT2D eigenvalue weighted by Gasteiger charge is 2.29. The summed E-state index contributed by atoms with van der Waals surface area (Å²) in [5, 5.41) is 13.0. The summed E-state index contributed by atoms with van der Waals surface area (Å²) in [6.07, 6.45) is 1.64. The normalized spacial score (nSPS) is 29.1. The van der Waals surface area contributed by atoms with Crippen LogP contribution >= 0.6 is 0 Å². The van der Waals surface area contributed by atoms with Crippen molar-refractivity contribution in [2.45, 2.75) is 44.9 Å². The minimum absolute atomic E-state index is 0.154. The lowest BCUT2D eigenvalue weighted by Gasteiger charge is -2.17. The quantitative estimate of drug-likeness (QED) is 0.873. The third-order valence-corrected chi connectivity index (χ3v) is 3.81. The van der Waals surface area contributed by atoms with E-state index in [2.05, 4.69) is 24.4 Å². The lowest BCUT2D eigenvalue weighted by molar-refractivity contribution is 0.193. The molecule has 1 aromatic rings. The zero-order chi connectivity index (χ0) is 13.4. The van der Waals surface area contributed by atoms with Gasteiger partial charge < -0.3 is 19.9 Å². The van der Waals surface area contributed by atoms with Crippen molar-refractivity contribution in [1.82, 2.24) is 5.32 Å².